The third-order valence-electron chi connectivity index (χ3n) is 6.50. The van der Waals surface area contributed by atoms with Crippen LogP contribution in [0.5, 0.6) is 0 Å². The molecule has 0 radical (unpaired) electrons. The van der Waals surface area contributed by atoms with E-state index in [0.29, 0.717) is 12.8 Å². The summed E-state index contributed by atoms with van der Waals surface area (Å²) in [5.41, 5.74) is 0. The van der Waals surface area contributed by atoms with Crippen LogP contribution >= 0.6 is 0 Å². The molecule has 0 amide bonds. The van der Waals surface area contributed by atoms with Crippen molar-refractivity contribution in [2.75, 3.05) is 13.2 Å². The first-order valence-corrected chi connectivity index (χ1v) is 15.4. The number of hydrogen-bond donors (Lipinski definition) is 1. The lowest BCUT2D eigenvalue weighted by atomic mass is 10.1. The SMILES string of the molecule is CCCCC/C=C\C/C=C\CCCCCCCCCCCC(=O)OC(CO)COC(=O)CCCCCC. The van der Waals surface area contributed by atoms with Gasteiger partial charge in [0.25, 0.3) is 0 Å². The van der Waals surface area contributed by atoms with E-state index in [-0.39, 0.29) is 25.2 Å². The number of carbonyl (C=O) groups excluding carboxylic acids is 2. The molecular weight excluding hydrogens is 464 g/mol. The van der Waals surface area contributed by atoms with Crippen LogP contribution < -0.4 is 0 Å². The van der Waals surface area contributed by atoms with Crippen LogP contribution in [0, 0.1) is 0 Å². The van der Waals surface area contributed by atoms with Crippen LogP contribution in [-0.2, 0) is 19.1 Å². The molecule has 0 spiro atoms. The molecule has 5 heteroatoms. The van der Waals surface area contributed by atoms with E-state index in [1.807, 2.05) is 0 Å². The minimum Gasteiger partial charge on any atom is -0.462 e. The largest absolute Gasteiger partial charge is 0.462 e. The van der Waals surface area contributed by atoms with Gasteiger partial charge in [0.15, 0.2) is 6.10 Å². The van der Waals surface area contributed by atoms with Gasteiger partial charge in [0.1, 0.15) is 6.61 Å². The number of aliphatic hydroxyl groups excluding tert-OH is 1. The average Bonchev–Trinajstić information content (AvgIpc) is 2.90. The summed E-state index contributed by atoms with van der Waals surface area (Å²) >= 11 is 0. The van der Waals surface area contributed by atoms with Gasteiger partial charge in [0.2, 0.25) is 0 Å². The number of aliphatic hydroxyl groups is 1. The molecule has 0 fully saturated rings. The molecule has 216 valence electrons. The lowest BCUT2D eigenvalue weighted by molar-refractivity contribution is -0.161. The maximum absolute atomic E-state index is 12.0. The monoisotopic (exact) mass is 522 g/mol. The van der Waals surface area contributed by atoms with Gasteiger partial charge in [0, 0.05) is 12.8 Å². The summed E-state index contributed by atoms with van der Waals surface area (Å²) in [6.07, 6.45) is 31.3. The molecule has 0 saturated carbocycles. The molecule has 0 bridgehead atoms. The molecule has 0 aliphatic rings. The second-order valence-electron chi connectivity index (χ2n) is 10.2. The minimum atomic E-state index is -0.764. The highest BCUT2D eigenvalue weighted by molar-refractivity contribution is 5.70. The van der Waals surface area contributed by atoms with Crippen LogP contribution in [0.4, 0.5) is 0 Å². The van der Waals surface area contributed by atoms with Crippen molar-refractivity contribution in [1.82, 2.24) is 0 Å². The number of rotatable bonds is 27. The maximum atomic E-state index is 12.0. The molecule has 1 unspecified atom stereocenters. The number of unbranched alkanes of at least 4 members (excludes halogenated alkanes) is 15. The van der Waals surface area contributed by atoms with Crippen molar-refractivity contribution in [2.24, 2.45) is 0 Å². The van der Waals surface area contributed by atoms with Crippen LogP contribution in [0.3, 0.4) is 0 Å². The number of carbonyl (C=O) groups is 2. The second-order valence-corrected chi connectivity index (χ2v) is 10.2. The van der Waals surface area contributed by atoms with E-state index in [0.717, 1.165) is 51.4 Å². The highest BCUT2D eigenvalue weighted by Gasteiger charge is 2.16. The molecule has 0 aliphatic heterocycles. The van der Waals surface area contributed by atoms with Gasteiger partial charge in [-0.3, -0.25) is 9.59 Å². The van der Waals surface area contributed by atoms with Gasteiger partial charge in [-0.05, 0) is 44.9 Å². The summed E-state index contributed by atoms with van der Waals surface area (Å²) in [5, 5.41) is 9.39. The van der Waals surface area contributed by atoms with Crippen LogP contribution in [0.25, 0.3) is 0 Å². The lowest BCUT2D eigenvalue weighted by Gasteiger charge is -2.15. The molecular formula is C32H58O5. The van der Waals surface area contributed by atoms with Gasteiger partial charge >= 0.3 is 11.9 Å². The summed E-state index contributed by atoms with van der Waals surface area (Å²) in [5.74, 6) is -0.617. The zero-order chi connectivity index (χ0) is 27.2. The molecule has 1 atom stereocenters. The lowest BCUT2D eigenvalue weighted by Crippen LogP contribution is -2.28. The highest BCUT2D eigenvalue weighted by Crippen LogP contribution is 2.12. The van der Waals surface area contributed by atoms with E-state index < -0.39 is 6.10 Å². The van der Waals surface area contributed by atoms with Crippen molar-refractivity contribution in [1.29, 1.82) is 0 Å². The summed E-state index contributed by atoms with van der Waals surface area (Å²) in [7, 11) is 0. The fourth-order valence-corrected chi connectivity index (χ4v) is 4.11. The molecule has 0 heterocycles. The zero-order valence-corrected chi connectivity index (χ0v) is 24.2. The van der Waals surface area contributed by atoms with Crippen LogP contribution in [0.2, 0.25) is 0 Å². The Labute approximate surface area is 228 Å². The van der Waals surface area contributed by atoms with Crippen molar-refractivity contribution >= 4 is 11.9 Å². The van der Waals surface area contributed by atoms with Crippen LogP contribution in [0.15, 0.2) is 24.3 Å². The summed E-state index contributed by atoms with van der Waals surface area (Å²) < 4.78 is 10.4. The van der Waals surface area contributed by atoms with E-state index in [9.17, 15) is 14.7 Å². The van der Waals surface area contributed by atoms with Crippen LogP contribution in [-0.4, -0.2) is 36.4 Å². The van der Waals surface area contributed by atoms with Crippen molar-refractivity contribution < 1.29 is 24.2 Å². The first kappa shape index (κ1) is 35.4. The Morgan fingerprint density at radius 3 is 1.65 bits per heavy atom. The van der Waals surface area contributed by atoms with Gasteiger partial charge in [-0.2, -0.15) is 0 Å². The Morgan fingerprint density at radius 2 is 1.08 bits per heavy atom. The Hall–Kier alpha value is -1.62. The summed E-state index contributed by atoms with van der Waals surface area (Å²) in [6.45, 7) is 3.97. The summed E-state index contributed by atoms with van der Waals surface area (Å²) in [6, 6.07) is 0. The van der Waals surface area contributed by atoms with Crippen molar-refractivity contribution in [3.63, 3.8) is 0 Å². The predicted octanol–water partition coefficient (Wildman–Crippen LogP) is 8.78. The molecule has 0 aromatic rings. The standard InChI is InChI=1S/C32H58O5/c1-3-5-7-9-10-11-12-13-14-15-16-17-18-19-20-21-22-23-25-27-32(35)37-30(28-33)29-36-31(34)26-24-8-6-4-2/h10-11,13-14,30,33H,3-9,12,15-29H2,1-2H3/b11-10-,14-13-. The topological polar surface area (TPSA) is 72.8 Å². The summed E-state index contributed by atoms with van der Waals surface area (Å²) in [4.78, 5) is 23.7. The fraction of sp³-hybridized carbons (Fsp3) is 0.812. The number of ether oxygens (including phenoxy) is 2. The van der Waals surface area contributed by atoms with Gasteiger partial charge < -0.3 is 14.6 Å². The molecule has 5 nitrogen and oxygen atoms in total. The Balaban J connectivity index is 3.51. The molecule has 0 rings (SSSR count). The average molecular weight is 523 g/mol. The van der Waals surface area contributed by atoms with Crippen molar-refractivity contribution in [2.45, 2.75) is 155 Å². The van der Waals surface area contributed by atoms with Crippen LogP contribution in [0.1, 0.15) is 149 Å². The van der Waals surface area contributed by atoms with E-state index in [4.69, 9.17) is 9.47 Å². The van der Waals surface area contributed by atoms with Gasteiger partial charge in [-0.25, -0.2) is 0 Å². The van der Waals surface area contributed by atoms with E-state index in [1.165, 1.54) is 70.6 Å². The van der Waals surface area contributed by atoms with Gasteiger partial charge in [0.05, 0.1) is 6.61 Å². The fourth-order valence-electron chi connectivity index (χ4n) is 4.11. The van der Waals surface area contributed by atoms with Gasteiger partial charge in [-0.15, -0.1) is 0 Å². The minimum absolute atomic E-state index is 0.0678. The highest BCUT2D eigenvalue weighted by atomic mass is 16.6. The molecule has 0 aromatic carbocycles. The quantitative estimate of drug-likeness (QED) is 0.0663. The smallest absolute Gasteiger partial charge is 0.306 e. The number of hydrogen-bond acceptors (Lipinski definition) is 5. The molecule has 0 saturated heterocycles. The second kappa shape index (κ2) is 28.9. The first-order chi connectivity index (χ1) is 18.1. The van der Waals surface area contributed by atoms with E-state index in [1.54, 1.807) is 0 Å². The number of allylic oxidation sites excluding steroid dienone is 4. The first-order valence-electron chi connectivity index (χ1n) is 15.4. The number of esters is 2. The molecule has 1 N–H and O–H groups in total. The molecule has 0 aromatic heterocycles. The Bertz CT molecular complexity index is 570. The molecule has 0 aliphatic carbocycles. The molecule has 37 heavy (non-hydrogen) atoms. The maximum Gasteiger partial charge on any atom is 0.306 e. The normalized spacial score (nSPS) is 12.4. The van der Waals surface area contributed by atoms with Crippen molar-refractivity contribution in [3.05, 3.63) is 24.3 Å². The zero-order valence-electron chi connectivity index (χ0n) is 24.2. The Morgan fingerprint density at radius 1 is 0.622 bits per heavy atom. The predicted molar refractivity (Wildman–Crippen MR) is 155 cm³/mol. The van der Waals surface area contributed by atoms with E-state index >= 15 is 0 Å². The Kier molecular flexibility index (Phi) is 27.7. The third-order valence-corrected chi connectivity index (χ3v) is 6.50. The van der Waals surface area contributed by atoms with E-state index in [2.05, 4.69) is 38.2 Å². The van der Waals surface area contributed by atoms with Gasteiger partial charge in [-0.1, -0.05) is 115 Å². The van der Waals surface area contributed by atoms with Crippen molar-refractivity contribution in [3.8, 4) is 0 Å². The third kappa shape index (κ3) is 27.2.